The molecule has 0 saturated carbocycles. The molecule has 0 amide bonds. The van der Waals surface area contributed by atoms with Gasteiger partial charge in [-0.1, -0.05) is 18.2 Å². The molecule has 0 fully saturated rings. The number of fused-ring (bicyclic) bond motifs is 1. The summed E-state index contributed by atoms with van der Waals surface area (Å²) in [5, 5.41) is 9.99. The number of ether oxygens (including phenoxy) is 1. The van der Waals surface area contributed by atoms with Gasteiger partial charge in [0.05, 0.1) is 39.2 Å². The quantitative estimate of drug-likeness (QED) is 0.539. The number of alkyl halides is 3. The van der Waals surface area contributed by atoms with Crippen molar-refractivity contribution in [1.29, 1.82) is 0 Å². The van der Waals surface area contributed by atoms with Crippen LogP contribution < -0.4 is 0 Å². The Morgan fingerprint density at radius 3 is 2.38 bits per heavy atom. The Bertz CT molecular complexity index is 1190. The van der Waals surface area contributed by atoms with E-state index in [-0.39, 0.29) is 22.8 Å². The minimum absolute atomic E-state index is 0.130. The zero-order valence-electron chi connectivity index (χ0n) is 18.1. The number of aliphatic hydroxyl groups excluding tert-OH is 1. The lowest BCUT2D eigenvalue weighted by molar-refractivity contribution is -0.139. The normalized spacial score (nSPS) is 13.4. The lowest BCUT2D eigenvalue weighted by atomic mass is 10.1. The lowest BCUT2D eigenvalue weighted by Gasteiger charge is -2.20. The number of hydrogen-bond donors (Lipinski definition) is 1. The van der Waals surface area contributed by atoms with Crippen molar-refractivity contribution in [3.63, 3.8) is 0 Å². The van der Waals surface area contributed by atoms with E-state index in [1.165, 1.54) is 18.2 Å². The van der Waals surface area contributed by atoms with Crippen LogP contribution in [0.1, 0.15) is 48.0 Å². The third-order valence-electron chi connectivity index (χ3n) is 4.88. The molecule has 32 heavy (non-hydrogen) atoms. The van der Waals surface area contributed by atoms with Crippen molar-refractivity contribution in [2.24, 2.45) is 7.05 Å². The van der Waals surface area contributed by atoms with Crippen molar-refractivity contribution in [1.82, 2.24) is 4.57 Å². The molecule has 3 aromatic rings. The van der Waals surface area contributed by atoms with E-state index in [1.807, 2.05) is 0 Å². The summed E-state index contributed by atoms with van der Waals surface area (Å²) < 4.78 is 60.6. The SMILES string of the molecule is Cn1c(CS(=O)c2ccccc2C(F)(F)F)c(C(=O)OC(C)(C)C)c2cc(CO)ccc21. The van der Waals surface area contributed by atoms with Crippen molar-refractivity contribution in [2.75, 3.05) is 0 Å². The second kappa shape index (κ2) is 8.71. The van der Waals surface area contributed by atoms with Gasteiger partial charge in [0.2, 0.25) is 0 Å². The zero-order chi connectivity index (χ0) is 23.8. The fourth-order valence-electron chi connectivity index (χ4n) is 3.47. The Morgan fingerprint density at radius 2 is 1.78 bits per heavy atom. The first-order valence-corrected chi connectivity index (χ1v) is 11.1. The summed E-state index contributed by atoms with van der Waals surface area (Å²) in [6.45, 7) is 4.85. The van der Waals surface area contributed by atoms with Gasteiger partial charge in [-0.3, -0.25) is 4.21 Å². The molecule has 0 bridgehead atoms. The Kier molecular flexibility index (Phi) is 6.53. The van der Waals surface area contributed by atoms with E-state index in [1.54, 1.807) is 50.6 Å². The smallest absolute Gasteiger partial charge is 0.417 e. The van der Waals surface area contributed by atoms with Gasteiger partial charge in [0.15, 0.2) is 0 Å². The molecular weight excluding hydrogens is 443 g/mol. The van der Waals surface area contributed by atoms with Crippen LogP contribution in [0.25, 0.3) is 10.9 Å². The van der Waals surface area contributed by atoms with E-state index in [9.17, 15) is 27.3 Å². The Balaban J connectivity index is 2.16. The van der Waals surface area contributed by atoms with Crippen LogP contribution in [0.2, 0.25) is 0 Å². The number of nitrogens with zero attached hydrogens (tertiary/aromatic N) is 1. The van der Waals surface area contributed by atoms with E-state index in [4.69, 9.17) is 4.74 Å². The summed E-state index contributed by atoms with van der Waals surface area (Å²) in [7, 11) is -0.435. The first-order valence-electron chi connectivity index (χ1n) is 9.82. The second-order valence-electron chi connectivity index (χ2n) is 8.38. The van der Waals surface area contributed by atoms with Crippen LogP contribution in [0.5, 0.6) is 0 Å². The van der Waals surface area contributed by atoms with Crippen LogP contribution in [0.15, 0.2) is 47.4 Å². The molecule has 1 heterocycles. The number of aromatic nitrogens is 1. The predicted molar refractivity (Wildman–Crippen MR) is 116 cm³/mol. The van der Waals surface area contributed by atoms with Crippen molar-refractivity contribution in [3.05, 3.63) is 64.8 Å². The highest BCUT2D eigenvalue weighted by atomic mass is 32.2. The summed E-state index contributed by atoms with van der Waals surface area (Å²) in [4.78, 5) is 12.7. The predicted octanol–water partition coefficient (Wildman–Crippen LogP) is 4.95. The van der Waals surface area contributed by atoms with Crippen LogP contribution in [0.4, 0.5) is 13.2 Å². The monoisotopic (exact) mass is 467 g/mol. The first kappa shape index (κ1) is 24.0. The van der Waals surface area contributed by atoms with Gasteiger partial charge in [-0.2, -0.15) is 13.2 Å². The third kappa shape index (κ3) is 4.88. The largest absolute Gasteiger partial charge is 0.456 e. The van der Waals surface area contributed by atoms with Crippen LogP contribution in [-0.2, 0) is 41.1 Å². The molecule has 5 nitrogen and oxygen atoms in total. The molecule has 3 rings (SSSR count). The van der Waals surface area contributed by atoms with Crippen molar-refractivity contribution >= 4 is 27.7 Å². The van der Waals surface area contributed by atoms with Crippen molar-refractivity contribution < 1.29 is 32.0 Å². The van der Waals surface area contributed by atoms with E-state index in [2.05, 4.69) is 0 Å². The van der Waals surface area contributed by atoms with E-state index in [0.717, 1.165) is 6.07 Å². The molecule has 9 heteroatoms. The molecule has 2 aromatic carbocycles. The third-order valence-corrected chi connectivity index (χ3v) is 6.26. The van der Waals surface area contributed by atoms with Crippen molar-refractivity contribution in [3.8, 4) is 0 Å². The molecule has 0 aliphatic heterocycles. The van der Waals surface area contributed by atoms with Crippen LogP contribution >= 0.6 is 0 Å². The van der Waals surface area contributed by atoms with E-state index >= 15 is 0 Å². The molecule has 1 atom stereocenters. The van der Waals surface area contributed by atoms with Gasteiger partial charge >= 0.3 is 12.1 Å². The second-order valence-corrected chi connectivity index (χ2v) is 9.80. The number of aryl methyl sites for hydroxylation is 1. The van der Waals surface area contributed by atoms with Gasteiger partial charge in [0.25, 0.3) is 0 Å². The van der Waals surface area contributed by atoms with Gasteiger partial charge in [-0.15, -0.1) is 0 Å². The molecule has 0 saturated heterocycles. The topological polar surface area (TPSA) is 68.5 Å². The van der Waals surface area contributed by atoms with E-state index in [0.29, 0.717) is 22.2 Å². The fourth-order valence-corrected chi connectivity index (χ4v) is 4.87. The van der Waals surface area contributed by atoms with Gasteiger partial charge in [-0.25, -0.2) is 4.79 Å². The number of aliphatic hydroxyl groups is 1. The Hall–Kier alpha value is -2.65. The van der Waals surface area contributed by atoms with Gasteiger partial charge in [0, 0.05) is 23.6 Å². The van der Waals surface area contributed by atoms with Gasteiger partial charge in [0.1, 0.15) is 5.60 Å². The molecule has 172 valence electrons. The summed E-state index contributed by atoms with van der Waals surface area (Å²) in [5.41, 5.74) is -0.196. The molecular formula is C23H24F3NO4S. The minimum atomic E-state index is -4.66. The number of hydrogen-bond acceptors (Lipinski definition) is 4. The fraction of sp³-hybridized carbons (Fsp3) is 0.348. The number of halogens is 3. The molecule has 1 unspecified atom stereocenters. The molecule has 0 spiro atoms. The van der Waals surface area contributed by atoms with Gasteiger partial charge in [-0.05, 0) is 50.6 Å². The zero-order valence-corrected chi connectivity index (χ0v) is 18.9. The first-order chi connectivity index (χ1) is 14.8. The van der Waals surface area contributed by atoms with Gasteiger partial charge < -0.3 is 14.4 Å². The van der Waals surface area contributed by atoms with Crippen LogP contribution in [-0.4, -0.2) is 25.5 Å². The van der Waals surface area contributed by atoms with Crippen molar-refractivity contribution in [2.45, 2.75) is 49.8 Å². The summed E-state index contributed by atoms with van der Waals surface area (Å²) >= 11 is 0. The average Bonchev–Trinajstić information content (AvgIpc) is 2.97. The number of benzene rings is 2. The van der Waals surface area contributed by atoms with Crippen LogP contribution in [0.3, 0.4) is 0 Å². The van der Waals surface area contributed by atoms with Crippen LogP contribution in [0, 0.1) is 0 Å². The Labute approximate surface area is 186 Å². The molecule has 0 radical (unpaired) electrons. The molecule has 0 aliphatic rings. The summed E-state index contributed by atoms with van der Waals surface area (Å²) in [5.74, 6) is -0.990. The Morgan fingerprint density at radius 1 is 1.12 bits per heavy atom. The molecule has 0 aliphatic carbocycles. The number of esters is 1. The highest BCUT2D eigenvalue weighted by Gasteiger charge is 2.35. The maximum atomic E-state index is 13.4. The summed E-state index contributed by atoms with van der Waals surface area (Å²) in [6.07, 6.45) is -4.66. The number of rotatable bonds is 5. The standard InChI is InChI=1S/C23H24F3NO4S/c1-22(2,3)31-21(29)20-15-11-14(12-28)9-10-17(15)27(4)18(20)13-32(30)19-8-6-5-7-16(19)23(24,25)26/h5-11,28H,12-13H2,1-4H3. The minimum Gasteiger partial charge on any atom is -0.456 e. The lowest BCUT2D eigenvalue weighted by Crippen LogP contribution is -2.24. The van der Waals surface area contributed by atoms with E-state index < -0.39 is 34.1 Å². The maximum absolute atomic E-state index is 13.4. The summed E-state index contributed by atoms with van der Waals surface area (Å²) in [6, 6.07) is 9.71. The highest BCUT2D eigenvalue weighted by molar-refractivity contribution is 7.84. The number of carbonyl (C=O) groups excluding carboxylic acids is 1. The number of carbonyl (C=O) groups is 1. The average molecular weight is 468 g/mol. The molecule has 1 N–H and O–H groups in total. The molecule has 1 aromatic heterocycles. The maximum Gasteiger partial charge on any atom is 0.417 e. The highest BCUT2D eigenvalue weighted by Crippen LogP contribution is 2.35.